The number of halogens is 3. The largest absolute Gasteiger partial charge is 0.393 e. The van der Waals surface area contributed by atoms with Crippen molar-refractivity contribution in [3.05, 3.63) is 98.2 Å². The second kappa shape index (κ2) is 10.3. The van der Waals surface area contributed by atoms with Gasteiger partial charge in [-0.25, -0.2) is 9.97 Å². The summed E-state index contributed by atoms with van der Waals surface area (Å²) in [7, 11) is 0. The Balaban J connectivity index is 1.62. The molecule has 170 valence electrons. The molecule has 0 aliphatic heterocycles. The fourth-order valence-electron chi connectivity index (χ4n) is 3.46. The van der Waals surface area contributed by atoms with Gasteiger partial charge >= 0.3 is 0 Å². The van der Waals surface area contributed by atoms with Crippen molar-refractivity contribution in [1.29, 1.82) is 5.26 Å². The number of anilines is 5. The summed E-state index contributed by atoms with van der Waals surface area (Å²) in [4.78, 5) is 8.55. The van der Waals surface area contributed by atoms with Crippen LogP contribution >= 0.6 is 39.1 Å². The van der Waals surface area contributed by atoms with Crippen LogP contribution in [0.25, 0.3) is 0 Å². The van der Waals surface area contributed by atoms with Crippen LogP contribution in [0.5, 0.6) is 0 Å². The molecule has 4 aromatic rings. The van der Waals surface area contributed by atoms with Crippen molar-refractivity contribution in [2.45, 2.75) is 12.8 Å². The molecule has 1 heterocycles. The van der Waals surface area contributed by atoms with Gasteiger partial charge in [0.25, 0.3) is 0 Å². The maximum absolute atomic E-state index is 9.83. The zero-order chi connectivity index (χ0) is 24.2. The van der Waals surface area contributed by atoms with Crippen LogP contribution in [0.15, 0.2) is 71.5 Å². The molecule has 4 rings (SSSR count). The number of hydrogen-bond acceptors (Lipinski definition) is 6. The number of nitrogen functional groups attached to an aromatic ring is 1. The predicted molar refractivity (Wildman–Crippen MR) is 142 cm³/mol. The van der Waals surface area contributed by atoms with Crippen molar-refractivity contribution in [2.75, 3.05) is 16.4 Å². The van der Waals surface area contributed by atoms with E-state index in [9.17, 15) is 5.26 Å². The molecule has 0 aliphatic rings. The Morgan fingerprint density at radius 1 is 1.00 bits per heavy atom. The highest BCUT2D eigenvalue weighted by molar-refractivity contribution is 9.10. The van der Waals surface area contributed by atoms with Gasteiger partial charge in [-0.3, -0.25) is 0 Å². The fourth-order valence-corrected chi connectivity index (χ4v) is 4.26. The third-order valence-corrected chi connectivity index (χ3v) is 6.28. The molecular weight excluding hydrogens is 535 g/mol. The number of nitriles is 1. The lowest BCUT2D eigenvalue weighted by Crippen LogP contribution is -2.06. The van der Waals surface area contributed by atoms with Crippen molar-refractivity contribution >= 4 is 67.8 Å². The standard InChI is InChI=1S/C25H19BrCl2N6/c1-14-9-19(20(12-29)15-5-7-17(27)8-6-15)21(28)11-22(14)34-25-23(30)24(31-13-32-25)33-18-4-2-3-16(26)10-18/h2-11,13,20H,30H2,1H3,(H2,31,32,33,34). The first-order chi connectivity index (χ1) is 16.4. The van der Waals surface area contributed by atoms with E-state index in [-0.39, 0.29) is 0 Å². The zero-order valence-electron chi connectivity index (χ0n) is 18.0. The number of nitrogens with two attached hydrogens (primary N) is 1. The molecule has 4 N–H and O–H groups in total. The molecule has 0 spiro atoms. The monoisotopic (exact) mass is 552 g/mol. The molecule has 3 aromatic carbocycles. The highest BCUT2D eigenvalue weighted by atomic mass is 79.9. The normalized spacial score (nSPS) is 11.5. The molecule has 1 atom stereocenters. The molecular formula is C25H19BrCl2N6. The summed E-state index contributed by atoms with van der Waals surface area (Å²) >= 11 is 16.1. The molecule has 0 bridgehead atoms. The number of hydrogen-bond donors (Lipinski definition) is 3. The van der Waals surface area contributed by atoms with E-state index in [1.807, 2.05) is 49.4 Å². The molecule has 0 radical (unpaired) electrons. The molecule has 9 heteroatoms. The zero-order valence-corrected chi connectivity index (χ0v) is 21.1. The van der Waals surface area contributed by atoms with Gasteiger partial charge in [0, 0.05) is 25.9 Å². The van der Waals surface area contributed by atoms with E-state index in [0.29, 0.717) is 32.9 Å². The Kier molecular flexibility index (Phi) is 7.23. The summed E-state index contributed by atoms with van der Waals surface area (Å²) in [6.45, 7) is 1.93. The summed E-state index contributed by atoms with van der Waals surface area (Å²) in [5.74, 6) is 0.389. The first kappa shape index (κ1) is 23.8. The van der Waals surface area contributed by atoms with Crippen LogP contribution in [-0.4, -0.2) is 9.97 Å². The molecule has 0 saturated heterocycles. The first-order valence-corrected chi connectivity index (χ1v) is 11.8. The second-order valence-corrected chi connectivity index (χ2v) is 9.31. The lowest BCUT2D eigenvalue weighted by atomic mass is 9.91. The molecule has 1 aromatic heterocycles. The molecule has 1 unspecified atom stereocenters. The molecule has 0 aliphatic carbocycles. The summed E-state index contributed by atoms with van der Waals surface area (Å²) in [6.07, 6.45) is 1.43. The Labute approximate surface area is 215 Å². The number of benzene rings is 3. The van der Waals surface area contributed by atoms with E-state index < -0.39 is 5.92 Å². The highest BCUT2D eigenvalue weighted by Crippen LogP contribution is 2.36. The van der Waals surface area contributed by atoms with E-state index in [0.717, 1.165) is 27.0 Å². The van der Waals surface area contributed by atoms with Crippen molar-refractivity contribution in [1.82, 2.24) is 9.97 Å². The summed E-state index contributed by atoms with van der Waals surface area (Å²) in [5, 5.41) is 17.3. The Morgan fingerprint density at radius 2 is 1.71 bits per heavy atom. The summed E-state index contributed by atoms with van der Waals surface area (Å²) < 4.78 is 0.933. The Bertz CT molecular complexity index is 1390. The van der Waals surface area contributed by atoms with E-state index in [1.165, 1.54) is 6.33 Å². The minimum Gasteiger partial charge on any atom is -0.393 e. The van der Waals surface area contributed by atoms with Crippen molar-refractivity contribution < 1.29 is 0 Å². The van der Waals surface area contributed by atoms with E-state index >= 15 is 0 Å². The molecule has 34 heavy (non-hydrogen) atoms. The second-order valence-electron chi connectivity index (χ2n) is 7.55. The SMILES string of the molecule is Cc1cc(C(C#N)c2ccc(Cl)cc2)c(Cl)cc1Nc1ncnc(Nc2cccc(Br)c2)c1N. The van der Waals surface area contributed by atoms with Crippen molar-refractivity contribution in [3.8, 4) is 6.07 Å². The number of nitrogens with one attached hydrogen (secondary N) is 2. The minimum absolute atomic E-state index is 0.359. The lowest BCUT2D eigenvalue weighted by molar-refractivity contribution is 1.03. The van der Waals surface area contributed by atoms with E-state index in [4.69, 9.17) is 28.9 Å². The van der Waals surface area contributed by atoms with Gasteiger partial charge in [0.1, 0.15) is 12.0 Å². The van der Waals surface area contributed by atoms with Crippen LogP contribution < -0.4 is 16.4 Å². The van der Waals surface area contributed by atoms with Gasteiger partial charge in [0.2, 0.25) is 0 Å². The first-order valence-electron chi connectivity index (χ1n) is 10.2. The van der Waals surface area contributed by atoms with Gasteiger partial charge in [-0.05, 0) is 60.0 Å². The van der Waals surface area contributed by atoms with Crippen LogP contribution in [0.1, 0.15) is 22.6 Å². The highest BCUT2D eigenvalue weighted by Gasteiger charge is 2.19. The number of nitrogens with zero attached hydrogens (tertiary/aromatic N) is 3. The van der Waals surface area contributed by atoms with Gasteiger partial charge in [-0.15, -0.1) is 0 Å². The number of aryl methyl sites for hydroxylation is 1. The average molecular weight is 554 g/mol. The molecule has 0 fully saturated rings. The molecule has 6 nitrogen and oxygen atoms in total. The third kappa shape index (κ3) is 5.26. The van der Waals surface area contributed by atoms with Gasteiger partial charge in [-0.2, -0.15) is 5.26 Å². The smallest absolute Gasteiger partial charge is 0.159 e. The maximum atomic E-state index is 9.83. The molecule has 0 saturated carbocycles. The quantitative estimate of drug-likeness (QED) is 0.227. The van der Waals surface area contributed by atoms with E-state index in [1.54, 1.807) is 18.2 Å². The lowest BCUT2D eigenvalue weighted by Gasteiger charge is -2.17. The van der Waals surface area contributed by atoms with Crippen LogP contribution in [0.3, 0.4) is 0 Å². The predicted octanol–water partition coefficient (Wildman–Crippen LogP) is 7.58. The fraction of sp³-hybridized carbons (Fsp3) is 0.0800. The minimum atomic E-state index is -0.525. The van der Waals surface area contributed by atoms with Gasteiger partial charge in [0.05, 0.1) is 12.0 Å². The number of rotatable bonds is 6. The van der Waals surface area contributed by atoms with Gasteiger partial charge in [-0.1, -0.05) is 63.4 Å². The van der Waals surface area contributed by atoms with Crippen LogP contribution in [0, 0.1) is 18.3 Å². The van der Waals surface area contributed by atoms with Crippen LogP contribution in [-0.2, 0) is 0 Å². The topological polar surface area (TPSA) is 99.6 Å². The maximum Gasteiger partial charge on any atom is 0.159 e. The number of aromatic nitrogens is 2. The Morgan fingerprint density at radius 3 is 2.38 bits per heavy atom. The molecule has 0 amide bonds. The van der Waals surface area contributed by atoms with Crippen LogP contribution in [0.4, 0.5) is 28.7 Å². The average Bonchev–Trinajstić information content (AvgIpc) is 2.81. The van der Waals surface area contributed by atoms with Gasteiger partial charge < -0.3 is 16.4 Å². The third-order valence-electron chi connectivity index (χ3n) is 5.21. The van der Waals surface area contributed by atoms with Crippen molar-refractivity contribution in [3.63, 3.8) is 0 Å². The van der Waals surface area contributed by atoms with Crippen molar-refractivity contribution in [2.24, 2.45) is 0 Å². The van der Waals surface area contributed by atoms with E-state index in [2.05, 4.69) is 42.6 Å². The van der Waals surface area contributed by atoms with Gasteiger partial charge in [0.15, 0.2) is 11.6 Å². The Hall–Kier alpha value is -3.31. The summed E-state index contributed by atoms with van der Waals surface area (Å²) in [5.41, 5.74) is 10.7. The summed E-state index contributed by atoms with van der Waals surface area (Å²) in [6, 6.07) is 20.9. The van der Waals surface area contributed by atoms with Crippen LogP contribution in [0.2, 0.25) is 10.0 Å².